The van der Waals surface area contributed by atoms with Crippen molar-refractivity contribution in [1.29, 1.82) is 0 Å². The molecule has 0 spiro atoms. The van der Waals surface area contributed by atoms with Crippen molar-refractivity contribution in [3.63, 3.8) is 0 Å². The number of carbonyl (C=O) groups is 3. The van der Waals surface area contributed by atoms with Gasteiger partial charge in [-0.3, -0.25) is 14.4 Å². The van der Waals surface area contributed by atoms with E-state index in [9.17, 15) is 14.4 Å². The largest absolute Gasteiger partial charge is 0.465 e. The van der Waals surface area contributed by atoms with Crippen LogP contribution in [0.25, 0.3) is 0 Å². The lowest BCUT2D eigenvalue weighted by atomic mass is 9.95. The van der Waals surface area contributed by atoms with Crippen molar-refractivity contribution in [2.24, 2.45) is 0 Å². The molecule has 164 valence electrons. The molecule has 2 amide bonds. The Morgan fingerprint density at radius 3 is 2.45 bits per heavy atom. The molecular formula is C25H30N2O4. The summed E-state index contributed by atoms with van der Waals surface area (Å²) in [4.78, 5) is 36.5. The third-order valence-corrected chi connectivity index (χ3v) is 5.40. The van der Waals surface area contributed by atoms with Crippen LogP contribution in [0.1, 0.15) is 60.9 Å². The number of hydrogen-bond acceptors (Lipinski definition) is 4. The lowest BCUT2D eigenvalue weighted by Crippen LogP contribution is -2.36. The number of rotatable bonds is 9. The van der Waals surface area contributed by atoms with Crippen LogP contribution in [0, 0.1) is 0 Å². The normalized spacial score (nSPS) is 13.9. The lowest BCUT2D eigenvalue weighted by molar-refractivity contribution is -0.144. The van der Waals surface area contributed by atoms with Gasteiger partial charge in [-0.25, -0.2) is 0 Å². The van der Waals surface area contributed by atoms with E-state index in [1.165, 1.54) is 6.42 Å². The molecule has 1 saturated carbocycles. The molecule has 1 fully saturated rings. The van der Waals surface area contributed by atoms with Gasteiger partial charge in [0.1, 0.15) is 0 Å². The van der Waals surface area contributed by atoms with Crippen molar-refractivity contribution in [1.82, 2.24) is 5.32 Å². The highest BCUT2D eigenvalue weighted by atomic mass is 16.5. The van der Waals surface area contributed by atoms with Crippen molar-refractivity contribution >= 4 is 23.5 Å². The van der Waals surface area contributed by atoms with Gasteiger partial charge in [-0.05, 0) is 36.6 Å². The fourth-order valence-electron chi connectivity index (χ4n) is 3.69. The maximum Gasteiger partial charge on any atom is 0.306 e. The molecule has 3 rings (SSSR count). The van der Waals surface area contributed by atoms with E-state index in [2.05, 4.69) is 10.6 Å². The molecule has 0 bridgehead atoms. The van der Waals surface area contributed by atoms with Gasteiger partial charge in [0.05, 0.1) is 13.0 Å². The highest BCUT2D eigenvalue weighted by Gasteiger charge is 2.17. The molecule has 0 unspecified atom stereocenters. The summed E-state index contributed by atoms with van der Waals surface area (Å²) in [6.07, 6.45) is 6.26. The Morgan fingerprint density at radius 1 is 0.903 bits per heavy atom. The van der Waals surface area contributed by atoms with Gasteiger partial charge >= 0.3 is 5.97 Å². The molecule has 0 saturated heterocycles. The van der Waals surface area contributed by atoms with E-state index in [1.807, 2.05) is 30.3 Å². The number of anilines is 1. The molecule has 0 aromatic heterocycles. The monoisotopic (exact) mass is 422 g/mol. The van der Waals surface area contributed by atoms with Crippen molar-refractivity contribution in [2.75, 3.05) is 11.9 Å². The number of amides is 2. The first kappa shape index (κ1) is 22.5. The minimum absolute atomic E-state index is 0.0163. The predicted octanol–water partition coefficient (Wildman–Crippen LogP) is 4.25. The van der Waals surface area contributed by atoms with E-state index in [0.29, 0.717) is 24.3 Å². The van der Waals surface area contributed by atoms with Gasteiger partial charge in [0.15, 0.2) is 0 Å². The van der Waals surface area contributed by atoms with Crippen LogP contribution in [-0.4, -0.2) is 30.4 Å². The minimum atomic E-state index is -0.397. The SMILES string of the molecule is O=C(CCC(=O)OCCc1ccccc1)Nc1cccc(C(=O)NC2CCCCC2)c1. The smallest absolute Gasteiger partial charge is 0.306 e. The highest BCUT2D eigenvalue weighted by Crippen LogP contribution is 2.18. The van der Waals surface area contributed by atoms with Gasteiger partial charge < -0.3 is 15.4 Å². The number of hydrogen-bond donors (Lipinski definition) is 2. The van der Waals surface area contributed by atoms with E-state index in [1.54, 1.807) is 24.3 Å². The Morgan fingerprint density at radius 2 is 1.68 bits per heavy atom. The van der Waals surface area contributed by atoms with Crippen LogP contribution < -0.4 is 10.6 Å². The van der Waals surface area contributed by atoms with Gasteiger partial charge in [-0.1, -0.05) is 55.7 Å². The molecule has 2 aromatic rings. The lowest BCUT2D eigenvalue weighted by Gasteiger charge is -2.22. The van der Waals surface area contributed by atoms with Crippen molar-refractivity contribution in [2.45, 2.75) is 57.4 Å². The molecule has 31 heavy (non-hydrogen) atoms. The van der Waals surface area contributed by atoms with Gasteiger partial charge in [0.2, 0.25) is 5.91 Å². The molecule has 6 nitrogen and oxygen atoms in total. The second-order valence-corrected chi connectivity index (χ2v) is 7.89. The first-order valence-corrected chi connectivity index (χ1v) is 11.0. The van der Waals surface area contributed by atoms with E-state index in [-0.39, 0.29) is 30.7 Å². The third-order valence-electron chi connectivity index (χ3n) is 5.40. The Kier molecular flexibility index (Phi) is 8.64. The summed E-state index contributed by atoms with van der Waals surface area (Å²) < 4.78 is 5.20. The summed E-state index contributed by atoms with van der Waals surface area (Å²) >= 11 is 0. The average molecular weight is 423 g/mol. The first-order chi connectivity index (χ1) is 15.1. The van der Waals surface area contributed by atoms with Gasteiger partial charge in [-0.15, -0.1) is 0 Å². The maximum atomic E-state index is 12.5. The number of carbonyl (C=O) groups excluding carboxylic acids is 3. The van der Waals surface area contributed by atoms with E-state index in [4.69, 9.17) is 4.74 Å². The Hall–Kier alpha value is -3.15. The number of benzene rings is 2. The van der Waals surface area contributed by atoms with Crippen LogP contribution in [0.15, 0.2) is 54.6 Å². The topological polar surface area (TPSA) is 84.5 Å². The molecule has 1 aliphatic rings. The Balaban J connectivity index is 1.39. The summed E-state index contributed by atoms with van der Waals surface area (Å²) in [5, 5.41) is 5.83. The van der Waals surface area contributed by atoms with Gasteiger partial charge in [-0.2, -0.15) is 0 Å². The highest BCUT2D eigenvalue weighted by molar-refractivity contribution is 5.97. The molecule has 0 heterocycles. The predicted molar refractivity (Wildman–Crippen MR) is 120 cm³/mol. The second kappa shape index (κ2) is 11.9. The summed E-state index contributed by atoms with van der Waals surface area (Å²) in [6.45, 7) is 0.294. The zero-order valence-electron chi connectivity index (χ0n) is 17.8. The fourth-order valence-corrected chi connectivity index (χ4v) is 3.69. The van der Waals surface area contributed by atoms with Crippen LogP contribution in [0.5, 0.6) is 0 Å². The zero-order valence-corrected chi connectivity index (χ0v) is 17.8. The number of esters is 1. The van der Waals surface area contributed by atoms with Crippen LogP contribution in [-0.2, 0) is 20.7 Å². The molecule has 0 atom stereocenters. The Labute approximate surface area is 183 Å². The van der Waals surface area contributed by atoms with Crippen LogP contribution in [0.2, 0.25) is 0 Å². The molecule has 0 radical (unpaired) electrons. The van der Waals surface area contributed by atoms with Crippen LogP contribution in [0.4, 0.5) is 5.69 Å². The van der Waals surface area contributed by atoms with Crippen molar-refractivity contribution in [3.8, 4) is 0 Å². The van der Waals surface area contributed by atoms with E-state index >= 15 is 0 Å². The van der Waals surface area contributed by atoms with Gasteiger partial charge in [0.25, 0.3) is 5.91 Å². The quantitative estimate of drug-likeness (QED) is 0.592. The van der Waals surface area contributed by atoms with Gasteiger partial charge in [0, 0.05) is 30.1 Å². The van der Waals surface area contributed by atoms with Crippen molar-refractivity contribution < 1.29 is 19.1 Å². The van der Waals surface area contributed by atoms with E-state index in [0.717, 1.165) is 31.2 Å². The molecule has 0 aliphatic heterocycles. The van der Waals surface area contributed by atoms with E-state index < -0.39 is 5.97 Å². The molecule has 2 N–H and O–H groups in total. The molecular weight excluding hydrogens is 392 g/mol. The minimum Gasteiger partial charge on any atom is -0.465 e. The Bertz CT molecular complexity index is 876. The van der Waals surface area contributed by atoms with Crippen LogP contribution in [0.3, 0.4) is 0 Å². The summed E-state index contributed by atoms with van der Waals surface area (Å²) in [6, 6.07) is 16.9. The molecule has 6 heteroatoms. The summed E-state index contributed by atoms with van der Waals surface area (Å²) in [5.74, 6) is -0.804. The van der Waals surface area contributed by atoms with Crippen molar-refractivity contribution in [3.05, 3.63) is 65.7 Å². The average Bonchev–Trinajstić information content (AvgIpc) is 2.79. The molecule has 2 aromatic carbocycles. The second-order valence-electron chi connectivity index (χ2n) is 7.89. The molecule has 1 aliphatic carbocycles. The fraction of sp³-hybridized carbons (Fsp3) is 0.400. The zero-order chi connectivity index (χ0) is 21.9. The maximum absolute atomic E-state index is 12.5. The summed E-state index contributed by atoms with van der Waals surface area (Å²) in [7, 11) is 0. The third kappa shape index (κ3) is 7.89. The number of ether oxygens (including phenoxy) is 1. The summed E-state index contributed by atoms with van der Waals surface area (Å²) in [5.41, 5.74) is 2.16. The standard InChI is InChI=1S/C25H30N2O4/c28-23(14-15-24(29)31-17-16-19-8-3-1-4-9-19)26-22-13-7-10-20(18-22)25(30)27-21-11-5-2-6-12-21/h1,3-4,7-10,13,18,21H,2,5-6,11-12,14-17H2,(H,26,28)(H,27,30). The first-order valence-electron chi connectivity index (χ1n) is 11.0. The van der Waals surface area contributed by atoms with Crippen LogP contribution >= 0.6 is 0 Å². The number of nitrogens with one attached hydrogen (secondary N) is 2.